The Balaban J connectivity index is 1.92. The van der Waals surface area contributed by atoms with Gasteiger partial charge in [-0.15, -0.1) is 5.10 Å². The minimum absolute atomic E-state index is 0.118. The summed E-state index contributed by atoms with van der Waals surface area (Å²) < 4.78 is 1.78. The summed E-state index contributed by atoms with van der Waals surface area (Å²) in [6.07, 6.45) is 0.970. The highest BCUT2D eigenvalue weighted by Crippen LogP contribution is 2.23. The summed E-state index contributed by atoms with van der Waals surface area (Å²) in [6.45, 7) is 7.97. The minimum Gasteiger partial charge on any atom is -0.335 e. The van der Waals surface area contributed by atoms with Gasteiger partial charge in [-0.05, 0) is 37.4 Å². The summed E-state index contributed by atoms with van der Waals surface area (Å²) in [5.41, 5.74) is 2.18. The number of carbonyl (C=O) groups excluding carboxylic acids is 1. The molecule has 24 heavy (non-hydrogen) atoms. The molecule has 0 radical (unpaired) electrons. The molecular formula is C18H25N5O. The molecule has 128 valence electrons. The molecule has 1 aliphatic rings. The van der Waals surface area contributed by atoms with Crippen molar-refractivity contribution in [2.45, 2.75) is 39.2 Å². The summed E-state index contributed by atoms with van der Waals surface area (Å²) in [4.78, 5) is 18.9. The number of hydrogen-bond donors (Lipinski definition) is 1. The first-order chi connectivity index (χ1) is 11.5. The average molecular weight is 327 g/mol. The van der Waals surface area contributed by atoms with Gasteiger partial charge in [0.15, 0.2) is 0 Å². The zero-order chi connectivity index (χ0) is 17.3. The van der Waals surface area contributed by atoms with Gasteiger partial charge in [-0.3, -0.25) is 4.79 Å². The van der Waals surface area contributed by atoms with Crippen molar-refractivity contribution < 1.29 is 4.79 Å². The lowest BCUT2D eigenvalue weighted by Crippen LogP contribution is -2.38. The van der Waals surface area contributed by atoms with E-state index in [1.165, 1.54) is 5.56 Å². The van der Waals surface area contributed by atoms with Gasteiger partial charge in [0.25, 0.3) is 5.91 Å². The highest BCUT2D eigenvalue weighted by Gasteiger charge is 2.27. The molecule has 1 unspecified atom stereocenters. The van der Waals surface area contributed by atoms with Crippen molar-refractivity contribution >= 4 is 5.91 Å². The first kappa shape index (κ1) is 16.6. The maximum absolute atomic E-state index is 12.7. The van der Waals surface area contributed by atoms with Crippen LogP contribution in [0, 0.1) is 6.92 Å². The molecule has 3 rings (SSSR count). The van der Waals surface area contributed by atoms with Crippen LogP contribution in [0.25, 0.3) is 5.69 Å². The number of carbonyl (C=O) groups is 1. The lowest BCUT2D eigenvalue weighted by atomic mass is 10.0. The van der Waals surface area contributed by atoms with E-state index in [1.54, 1.807) is 9.58 Å². The number of nitrogens with zero attached hydrogens (tertiary/aromatic N) is 4. The predicted molar refractivity (Wildman–Crippen MR) is 93.6 cm³/mol. The highest BCUT2D eigenvalue weighted by atomic mass is 16.2. The van der Waals surface area contributed by atoms with E-state index in [4.69, 9.17) is 0 Å². The van der Waals surface area contributed by atoms with Crippen LogP contribution in [0.4, 0.5) is 0 Å². The van der Waals surface area contributed by atoms with Crippen LogP contribution < -0.4 is 5.32 Å². The molecule has 1 atom stereocenters. The number of nitrogens with one attached hydrogen (secondary N) is 1. The maximum Gasteiger partial charge on any atom is 0.293 e. The highest BCUT2D eigenvalue weighted by molar-refractivity contribution is 5.90. The van der Waals surface area contributed by atoms with Crippen LogP contribution in [0.5, 0.6) is 0 Å². The van der Waals surface area contributed by atoms with E-state index >= 15 is 0 Å². The Morgan fingerprint density at radius 2 is 2.12 bits per heavy atom. The predicted octanol–water partition coefficient (Wildman–Crippen LogP) is 2.13. The normalized spacial score (nSPS) is 17.5. The minimum atomic E-state index is -0.118. The van der Waals surface area contributed by atoms with Gasteiger partial charge >= 0.3 is 0 Å². The molecule has 1 aliphatic heterocycles. The quantitative estimate of drug-likeness (QED) is 0.934. The number of amides is 1. The number of benzene rings is 1. The fraction of sp³-hybridized carbons (Fsp3) is 0.500. The van der Waals surface area contributed by atoms with Crippen molar-refractivity contribution in [3.05, 3.63) is 41.5 Å². The molecule has 0 saturated carbocycles. The third kappa shape index (κ3) is 3.06. The van der Waals surface area contributed by atoms with E-state index in [9.17, 15) is 4.79 Å². The Bertz CT molecular complexity index is 731. The Morgan fingerprint density at radius 1 is 1.38 bits per heavy atom. The first-order valence-electron chi connectivity index (χ1n) is 8.50. The molecule has 1 aromatic heterocycles. The third-order valence-corrected chi connectivity index (χ3v) is 4.65. The standard InChI is InChI=1S/C18H25N5O/c1-12(2)15-7-5-6-8-16(15)23-13(3)20-17(21-23)18(24)22(4)14-9-10-19-11-14/h5-8,12,14,19H,9-11H2,1-4H3. The van der Waals surface area contributed by atoms with E-state index in [0.717, 1.165) is 31.0 Å². The van der Waals surface area contributed by atoms with Gasteiger partial charge in [-0.2, -0.15) is 0 Å². The van der Waals surface area contributed by atoms with Gasteiger partial charge in [0, 0.05) is 19.6 Å². The van der Waals surface area contributed by atoms with Crippen molar-refractivity contribution in [3.63, 3.8) is 0 Å². The largest absolute Gasteiger partial charge is 0.335 e. The summed E-state index contributed by atoms with van der Waals surface area (Å²) in [6, 6.07) is 8.35. The van der Waals surface area contributed by atoms with Crippen LogP contribution in [-0.4, -0.2) is 51.8 Å². The Kier molecular flexibility index (Phi) is 4.66. The molecule has 2 heterocycles. The second kappa shape index (κ2) is 6.73. The lowest BCUT2D eigenvalue weighted by Gasteiger charge is -2.22. The van der Waals surface area contributed by atoms with Gasteiger partial charge in [0.1, 0.15) is 5.82 Å². The van der Waals surface area contributed by atoms with Crippen molar-refractivity contribution in [3.8, 4) is 5.69 Å². The molecule has 0 aliphatic carbocycles. The monoisotopic (exact) mass is 327 g/mol. The average Bonchev–Trinajstić information content (AvgIpc) is 3.23. The maximum atomic E-state index is 12.7. The zero-order valence-electron chi connectivity index (χ0n) is 14.8. The van der Waals surface area contributed by atoms with Crippen LogP contribution >= 0.6 is 0 Å². The Hall–Kier alpha value is -2.21. The smallest absolute Gasteiger partial charge is 0.293 e. The van der Waals surface area contributed by atoms with E-state index < -0.39 is 0 Å². The second-order valence-electron chi connectivity index (χ2n) is 6.67. The van der Waals surface area contributed by atoms with E-state index in [1.807, 2.05) is 32.2 Å². The lowest BCUT2D eigenvalue weighted by molar-refractivity contribution is 0.0731. The Morgan fingerprint density at radius 3 is 2.79 bits per heavy atom. The molecule has 1 N–H and O–H groups in total. The Labute approximate surface area is 142 Å². The van der Waals surface area contributed by atoms with E-state index in [2.05, 4.69) is 35.3 Å². The van der Waals surface area contributed by atoms with E-state index in [0.29, 0.717) is 5.92 Å². The number of hydrogen-bond acceptors (Lipinski definition) is 4. The molecule has 1 saturated heterocycles. The molecule has 0 spiro atoms. The molecule has 1 aromatic carbocycles. The molecule has 2 aromatic rings. The van der Waals surface area contributed by atoms with Crippen LogP contribution in [0.15, 0.2) is 24.3 Å². The molecule has 6 nitrogen and oxygen atoms in total. The number of para-hydroxylation sites is 1. The molecule has 0 bridgehead atoms. The van der Waals surface area contributed by atoms with Crippen LogP contribution in [0.3, 0.4) is 0 Å². The van der Waals surface area contributed by atoms with Gasteiger partial charge in [0.05, 0.1) is 5.69 Å². The van der Waals surface area contributed by atoms with Gasteiger partial charge in [-0.25, -0.2) is 9.67 Å². The van der Waals surface area contributed by atoms with Crippen LogP contribution in [0.2, 0.25) is 0 Å². The summed E-state index contributed by atoms with van der Waals surface area (Å²) in [7, 11) is 1.83. The topological polar surface area (TPSA) is 63.1 Å². The van der Waals surface area contributed by atoms with Crippen molar-refractivity contribution in [1.82, 2.24) is 25.0 Å². The van der Waals surface area contributed by atoms with Gasteiger partial charge in [0.2, 0.25) is 5.82 Å². The van der Waals surface area contributed by atoms with Crippen molar-refractivity contribution in [2.75, 3.05) is 20.1 Å². The SMILES string of the molecule is Cc1nc(C(=O)N(C)C2CCNC2)nn1-c1ccccc1C(C)C. The summed E-state index contributed by atoms with van der Waals surface area (Å²) in [5, 5.41) is 7.79. The fourth-order valence-corrected chi connectivity index (χ4v) is 3.17. The van der Waals surface area contributed by atoms with E-state index in [-0.39, 0.29) is 17.8 Å². The summed E-state index contributed by atoms with van der Waals surface area (Å²) >= 11 is 0. The fourth-order valence-electron chi connectivity index (χ4n) is 3.17. The summed E-state index contributed by atoms with van der Waals surface area (Å²) in [5.74, 6) is 1.24. The second-order valence-corrected chi connectivity index (χ2v) is 6.67. The first-order valence-corrected chi connectivity index (χ1v) is 8.50. The molecular weight excluding hydrogens is 302 g/mol. The van der Waals surface area contributed by atoms with Gasteiger partial charge in [-0.1, -0.05) is 32.0 Å². The third-order valence-electron chi connectivity index (χ3n) is 4.65. The van der Waals surface area contributed by atoms with Crippen molar-refractivity contribution in [1.29, 1.82) is 0 Å². The number of aryl methyl sites for hydroxylation is 1. The number of aromatic nitrogens is 3. The van der Waals surface area contributed by atoms with Crippen molar-refractivity contribution in [2.24, 2.45) is 0 Å². The number of rotatable bonds is 4. The van der Waals surface area contributed by atoms with Crippen LogP contribution in [0.1, 0.15) is 48.2 Å². The van der Waals surface area contributed by atoms with Gasteiger partial charge < -0.3 is 10.2 Å². The number of likely N-dealkylation sites (N-methyl/N-ethyl adjacent to an activating group) is 1. The molecule has 6 heteroatoms. The zero-order valence-corrected chi connectivity index (χ0v) is 14.8. The molecule has 1 amide bonds. The van der Waals surface area contributed by atoms with Crippen LogP contribution in [-0.2, 0) is 0 Å². The molecule has 1 fully saturated rings.